The van der Waals surface area contributed by atoms with Gasteiger partial charge in [-0.15, -0.1) is 0 Å². The average molecular weight is 268 g/mol. The third-order valence-electron chi connectivity index (χ3n) is 2.80. The Balaban J connectivity index is 2.06. The van der Waals surface area contributed by atoms with Crippen LogP contribution in [0.15, 0.2) is 22.8 Å². The van der Waals surface area contributed by atoms with Gasteiger partial charge in [0, 0.05) is 13.2 Å². The van der Waals surface area contributed by atoms with Gasteiger partial charge in [-0.2, -0.15) is 0 Å². The summed E-state index contributed by atoms with van der Waals surface area (Å²) >= 11 is 0. The molecule has 0 spiro atoms. The summed E-state index contributed by atoms with van der Waals surface area (Å²) in [5, 5.41) is 2.82. The minimum Gasteiger partial charge on any atom is -0.467 e. The summed E-state index contributed by atoms with van der Waals surface area (Å²) in [5.41, 5.74) is 5.62. The number of hydrogen-bond donors (Lipinski definition) is 2. The highest BCUT2D eigenvalue weighted by atomic mass is 16.5. The molecule has 1 aromatic rings. The lowest BCUT2D eigenvalue weighted by Gasteiger charge is -2.25. The molecule has 1 aromatic heterocycles. The van der Waals surface area contributed by atoms with Crippen LogP contribution in [-0.4, -0.2) is 25.1 Å². The van der Waals surface area contributed by atoms with E-state index in [1.54, 1.807) is 6.26 Å². The molecule has 5 nitrogen and oxygen atoms in total. The van der Waals surface area contributed by atoms with E-state index < -0.39 is 6.04 Å². The molecule has 1 atom stereocenters. The zero-order chi connectivity index (χ0) is 14.3. The number of nitrogens with one attached hydrogen (secondary N) is 1. The van der Waals surface area contributed by atoms with E-state index in [1.807, 2.05) is 32.9 Å². The number of carbonyl (C=O) groups is 1. The van der Waals surface area contributed by atoms with E-state index in [4.69, 9.17) is 14.9 Å². The fraction of sp³-hybridized carbons (Fsp3) is 0.643. The van der Waals surface area contributed by atoms with Crippen LogP contribution in [0.2, 0.25) is 0 Å². The Labute approximate surface area is 114 Å². The SMILES string of the molecule is CC(C)(C)C(N)C(=O)NCCCOCc1ccco1. The van der Waals surface area contributed by atoms with Gasteiger partial charge in [-0.1, -0.05) is 20.8 Å². The van der Waals surface area contributed by atoms with Crippen LogP contribution in [0.25, 0.3) is 0 Å². The van der Waals surface area contributed by atoms with E-state index in [0.717, 1.165) is 12.2 Å². The molecule has 0 saturated carbocycles. The van der Waals surface area contributed by atoms with Crippen molar-refractivity contribution in [1.29, 1.82) is 0 Å². The molecule has 0 aliphatic carbocycles. The van der Waals surface area contributed by atoms with Crippen LogP contribution >= 0.6 is 0 Å². The molecule has 0 aliphatic heterocycles. The molecule has 3 N–H and O–H groups in total. The third-order valence-corrected chi connectivity index (χ3v) is 2.80. The fourth-order valence-corrected chi connectivity index (χ4v) is 1.46. The first kappa shape index (κ1) is 15.7. The van der Waals surface area contributed by atoms with Gasteiger partial charge < -0.3 is 20.2 Å². The van der Waals surface area contributed by atoms with E-state index >= 15 is 0 Å². The molecule has 1 amide bonds. The van der Waals surface area contributed by atoms with E-state index in [-0.39, 0.29) is 11.3 Å². The smallest absolute Gasteiger partial charge is 0.237 e. The summed E-state index contributed by atoms with van der Waals surface area (Å²) in [6, 6.07) is 3.20. The fourth-order valence-electron chi connectivity index (χ4n) is 1.46. The molecule has 19 heavy (non-hydrogen) atoms. The Morgan fingerprint density at radius 2 is 2.26 bits per heavy atom. The molecule has 1 heterocycles. The molecule has 5 heteroatoms. The first-order valence-corrected chi connectivity index (χ1v) is 6.54. The molecule has 0 aromatic carbocycles. The highest BCUT2D eigenvalue weighted by molar-refractivity contribution is 5.82. The van der Waals surface area contributed by atoms with Crippen LogP contribution in [0.5, 0.6) is 0 Å². The number of amides is 1. The first-order chi connectivity index (χ1) is 8.91. The summed E-state index contributed by atoms with van der Waals surface area (Å²) in [5.74, 6) is 0.692. The number of rotatable bonds is 7. The van der Waals surface area contributed by atoms with Gasteiger partial charge in [0.1, 0.15) is 12.4 Å². The average Bonchev–Trinajstić information content (AvgIpc) is 2.84. The Morgan fingerprint density at radius 1 is 1.53 bits per heavy atom. The van der Waals surface area contributed by atoms with Crippen molar-refractivity contribution < 1.29 is 13.9 Å². The van der Waals surface area contributed by atoms with E-state index in [1.165, 1.54) is 0 Å². The Bertz CT molecular complexity index is 369. The lowest BCUT2D eigenvalue weighted by molar-refractivity contribution is -0.124. The van der Waals surface area contributed by atoms with Crippen molar-refractivity contribution in [3.8, 4) is 0 Å². The van der Waals surface area contributed by atoms with Gasteiger partial charge in [0.25, 0.3) is 0 Å². The van der Waals surface area contributed by atoms with Crippen molar-refractivity contribution in [2.45, 2.75) is 39.8 Å². The summed E-state index contributed by atoms with van der Waals surface area (Å²) in [6.07, 6.45) is 2.37. The highest BCUT2D eigenvalue weighted by Gasteiger charge is 2.26. The van der Waals surface area contributed by atoms with Gasteiger partial charge in [0.15, 0.2) is 0 Å². The van der Waals surface area contributed by atoms with Gasteiger partial charge in [-0.3, -0.25) is 4.79 Å². The van der Waals surface area contributed by atoms with Crippen LogP contribution in [0.3, 0.4) is 0 Å². The number of furan rings is 1. The van der Waals surface area contributed by atoms with Crippen LogP contribution in [0.4, 0.5) is 0 Å². The van der Waals surface area contributed by atoms with Crippen molar-refractivity contribution >= 4 is 5.91 Å². The molecule has 1 rings (SSSR count). The molecule has 1 unspecified atom stereocenters. The topological polar surface area (TPSA) is 77.5 Å². The largest absolute Gasteiger partial charge is 0.467 e. The second-order valence-corrected chi connectivity index (χ2v) is 5.62. The first-order valence-electron chi connectivity index (χ1n) is 6.54. The van der Waals surface area contributed by atoms with Gasteiger partial charge in [0.2, 0.25) is 5.91 Å². The van der Waals surface area contributed by atoms with Crippen molar-refractivity contribution in [3.63, 3.8) is 0 Å². The number of nitrogens with two attached hydrogens (primary N) is 1. The standard InChI is InChI=1S/C14H24N2O3/c1-14(2,3)12(15)13(17)16-7-5-8-18-10-11-6-4-9-19-11/h4,6,9,12H,5,7-8,10,15H2,1-3H3,(H,16,17). The predicted molar refractivity (Wildman–Crippen MR) is 73.4 cm³/mol. The van der Waals surface area contributed by atoms with Gasteiger partial charge in [0.05, 0.1) is 12.3 Å². The van der Waals surface area contributed by atoms with Crippen molar-refractivity contribution in [3.05, 3.63) is 24.2 Å². The second kappa shape index (κ2) is 7.31. The maximum atomic E-state index is 11.7. The van der Waals surface area contributed by atoms with Crippen molar-refractivity contribution in [2.24, 2.45) is 11.1 Å². The van der Waals surface area contributed by atoms with Crippen molar-refractivity contribution in [2.75, 3.05) is 13.2 Å². The molecular weight excluding hydrogens is 244 g/mol. The molecule has 0 saturated heterocycles. The maximum Gasteiger partial charge on any atom is 0.237 e. The summed E-state index contributed by atoms with van der Waals surface area (Å²) in [6.45, 7) is 7.45. The van der Waals surface area contributed by atoms with Crippen LogP contribution < -0.4 is 11.1 Å². The lowest BCUT2D eigenvalue weighted by Crippen LogP contribution is -2.48. The quantitative estimate of drug-likeness (QED) is 0.737. The highest BCUT2D eigenvalue weighted by Crippen LogP contribution is 2.16. The maximum absolute atomic E-state index is 11.7. The Kier molecular flexibility index (Phi) is 6.05. The molecule has 0 fully saturated rings. The Morgan fingerprint density at radius 3 is 2.84 bits per heavy atom. The summed E-state index contributed by atoms with van der Waals surface area (Å²) < 4.78 is 10.5. The molecule has 0 bridgehead atoms. The van der Waals surface area contributed by atoms with Gasteiger partial charge >= 0.3 is 0 Å². The molecule has 0 radical (unpaired) electrons. The van der Waals surface area contributed by atoms with Crippen LogP contribution in [0, 0.1) is 5.41 Å². The third kappa shape index (κ3) is 5.89. The predicted octanol–water partition coefficient (Wildman–Crippen LogP) is 1.68. The number of ether oxygens (including phenoxy) is 1. The Hall–Kier alpha value is -1.33. The van der Waals surface area contributed by atoms with Gasteiger partial charge in [-0.25, -0.2) is 0 Å². The van der Waals surface area contributed by atoms with E-state index in [9.17, 15) is 4.79 Å². The normalized spacial score (nSPS) is 13.3. The number of carbonyl (C=O) groups excluding carboxylic acids is 1. The van der Waals surface area contributed by atoms with E-state index in [2.05, 4.69) is 5.32 Å². The molecule has 108 valence electrons. The second-order valence-electron chi connectivity index (χ2n) is 5.62. The summed E-state index contributed by atoms with van der Waals surface area (Å²) in [4.78, 5) is 11.7. The summed E-state index contributed by atoms with van der Waals surface area (Å²) in [7, 11) is 0. The molecular formula is C14H24N2O3. The minimum absolute atomic E-state index is 0.112. The zero-order valence-corrected chi connectivity index (χ0v) is 11.9. The van der Waals surface area contributed by atoms with E-state index in [0.29, 0.717) is 19.8 Å². The number of hydrogen-bond acceptors (Lipinski definition) is 4. The zero-order valence-electron chi connectivity index (χ0n) is 11.9. The monoisotopic (exact) mass is 268 g/mol. The van der Waals surface area contributed by atoms with Crippen LogP contribution in [0.1, 0.15) is 33.0 Å². The van der Waals surface area contributed by atoms with Gasteiger partial charge in [-0.05, 0) is 24.0 Å². The minimum atomic E-state index is -0.489. The lowest BCUT2D eigenvalue weighted by atomic mass is 9.87. The molecule has 0 aliphatic rings. The van der Waals surface area contributed by atoms with Crippen LogP contribution in [-0.2, 0) is 16.1 Å². The van der Waals surface area contributed by atoms with Crippen molar-refractivity contribution in [1.82, 2.24) is 5.32 Å².